The summed E-state index contributed by atoms with van der Waals surface area (Å²) in [5.74, 6) is 0.904. The van der Waals surface area contributed by atoms with Gasteiger partial charge in [-0.15, -0.1) is 24.8 Å². The van der Waals surface area contributed by atoms with Gasteiger partial charge in [0.15, 0.2) is 0 Å². The van der Waals surface area contributed by atoms with E-state index >= 15 is 0 Å². The van der Waals surface area contributed by atoms with Gasteiger partial charge >= 0.3 is 0 Å². The lowest BCUT2D eigenvalue weighted by Crippen LogP contribution is -2.44. The summed E-state index contributed by atoms with van der Waals surface area (Å²) in [5, 5.41) is 0. The van der Waals surface area contributed by atoms with Gasteiger partial charge in [-0.05, 0) is 44.0 Å². The largest absolute Gasteiger partial charge is 0.489 e. The number of fused-ring (bicyclic) bond motifs is 1. The summed E-state index contributed by atoms with van der Waals surface area (Å²) in [4.78, 5) is 2.55. The van der Waals surface area contributed by atoms with Crippen molar-refractivity contribution in [2.75, 3.05) is 25.4 Å². The third kappa shape index (κ3) is 4.44. The molecule has 0 bridgehead atoms. The van der Waals surface area contributed by atoms with Crippen molar-refractivity contribution in [2.24, 2.45) is 0 Å². The van der Waals surface area contributed by atoms with Crippen LogP contribution in [0.3, 0.4) is 0 Å². The van der Waals surface area contributed by atoms with Crippen LogP contribution in [0.25, 0.3) is 0 Å². The van der Waals surface area contributed by atoms with Gasteiger partial charge in [0.25, 0.3) is 0 Å². The van der Waals surface area contributed by atoms with E-state index in [4.69, 9.17) is 10.5 Å². The SMILES string of the molecule is CCCN(CCC)C1COc2c(N)cccc2C1.Cl.Cl. The van der Waals surface area contributed by atoms with Gasteiger partial charge in [0.05, 0.1) is 5.69 Å². The summed E-state index contributed by atoms with van der Waals surface area (Å²) >= 11 is 0. The van der Waals surface area contributed by atoms with Crippen molar-refractivity contribution in [1.82, 2.24) is 4.90 Å². The normalized spacial score (nSPS) is 16.6. The number of rotatable bonds is 5. The van der Waals surface area contributed by atoms with Crippen LogP contribution in [0.2, 0.25) is 0 Å². The zero-order valence-corrected chi connectivity index (χ0v) is 13.9. The minimum atomic E-state index is 0. The Balaban J connectivity index is 0.00000180. The van der Waals surface area contributed by atoms with Gasteiger partial charge in [0.2, 0.25) is 0 Å². The number of nitrogen functional groups attached to an aromatic ring is 1. The van der Waals surface area contributed by atoms with E-state index < -0.39 is 0 Å². The maximum Gasteiger partial charge on any atom is 0.145 e. The van der Waals surface area contributed by atoms with E-state index in [1.54, 1.807) is 0 Å². The predicted octanol–water partition coefficient (Wildman–Crippen LogP) is 3.54. The predicted molar refractivity (Wildman–Crippen MR) is 90.5 cm³/mol. The maximum absolute atomic E-state index is 5.94. The fourth-order valence-corrected chi connectivity index (χ4v) is 2.72. The van der Waals surface area contributed by atoms with Crippen molar-refractivity contribution < 1.29 is 4.74 Å². The average molecular weight is 321 g/mol. The van der Waals surface area contributed by atoms with E-state index in [1.807, 2.05) is 12.1 Å². The molecule has 1 aliphatic heterocycles. The van der Waals surface area contributed by atoms with Crippen LogP contribution in [-0.4, -0.2) is 30.6 Å². The Bertz CT molecular complexity index is 395. The number of anilines is 1. The molecule has 0 saturated carbocycles. The summed E-state index contributed by atoms with van der Waals surface area (Å²) in [6.07, 6.45) is 3.45. The monoisotopic (exact) mass is 320 g/mol. The van der Waals surface area contributed by atoms with E-state index in [9.17, 15) is 0 Å². The summed E-state index contributed by atoms with van der Waals surface area (Å²) < 4.78 is 5.87. The molecule has 5 heteroatoms. The van der Waals surface area contributed by atoms with Gasteiger partial charge in [-0.25, -0.2) is 0 Å². The van der Waals surface area contributed by atoms with Crippen molar-refractivity contribution in [3.8, 4) is 5.75 Å². The molecule has 0 fully saturated rings. The number of hydrogen-bond donors (Lipinski definition) is 1. The first-order valence-corrected chi connectivity index (χ1v) is 7.00. The second kappa shape index (κ2) is 9.32. The molecule has 0 spiro atoms. The Morgan fingerprint density at radius 1 is 1.20 bits per heavy atom. The first-order valence-electron chi connectivity index (χ1n) is 7.00. The van der Waals surface area contributed by atoms with Crippen molar-refractivity contribution in [1.29, 1.82) is 0 Å². The number of para-hydroxylation sites is 1. The summed E-state index contributed by atoms with van der Waals surface area (Å²) in [6, 6.07) is 6.56. The Labute approximate surface area is 134 Å². The number of benzene rings is 1. The zero-order valence-electron chi connectivity index (χ0n) is 12.3. The fourth-order valence-electron chi connectivity index (χ4n) is 2.72. The quantitative estimate of drug-likeness (QED) is 0.843. The van der Waals surface area contributed by atoms with E-state index in [1.165, 1.54) is 18.4 Å². The molecule has 116 valence electrons. The molecule has 0 saturated heterocycles. The smallest absolute Gasteiger partial charge is 0.145 e. The highest BCUT2D eigenvalue weighted by Crippen LogP contribution is 2.32. The van der Waals surface area contributed by atoms with Crippen molar-refractivity contribution in [3.05, 3.63) is 23.8 Å². The van der Waals surface area contributed by atoms with Gasteiger partial charge in [-0.3, -0.25) is 4.90 Å². The van der Waals surface area contributed by atoms with Gasteiger partial charge in [0, 0.05) is 6.04 Å². The van der Waals surface area contributed by atoms with Crippen LogP contribution in [0.4, 0.5) is 5.69 Å². The molecule has 0 amide bonds. The van der Waals surface area contributed by atoms with E-state index in [2.05, 4.69) is 24.8 Å². The molecule has 0 radical (unpaired) electrons. The van der Waals surface area contributed by atoms with Crippen LogP contribution >= 0.6 is 24.8 Å². The minimum Gasteiger partial charge on any atom is -0.489 e. The van der Waals surface area contributed by atoms with E-state index in [0.717, 1.165) is 37.6 Å². The second-order valence-corrected chi connectivity index (χ2v) is 5.04. The highest BCUT2D eigenvalue weighted by atomic mass is 35.5. The van der Waals surface area contributed by atoms with Gasteiger partial charge in [-0.2, -0.15) is 0 Å². The van der Waals surface area contributed by atoms with Crippen LogP contribution in [-0.2, 0) is 6.42 Å². The summed E-state index contributed by atoms with van der Waals surface area (Å²) in [6.45, 7) is 7.54. The van der Waals surface area contributed by atoms with Gasteiger partial charge in [-0.1, -0.05) is 26.0 Å². The molecule has 1 unspecified atom stereocenters. The lowest BCUT2D eigenvalue weighted by atomic mass is 10.00. The molecule has 1 atom stereocenters. The van der Waals surface area contributed by atoms with Crippen LogP contribution in [0.5, 0.6) is 5.75 Å². The molecular weight excluding hydrogens is 295 g/mol. The Kier molecular flexibility index (Phi) is 9.03. The van der Waals surface area contributed by atoms with Gasteiger partial charge in [0.1, 0.15) is 12.4 Å². The minimum absolute atomic E-state index is 0. The number of ether oxygens (including phenoxy) is 1. The highest BCUT2D eigenvalue weighted by molar-refractivity contribution is 5.85. The highest BCUT2D eigenvalue weighted by Gasteiger charge is 2.25. The lowest BCUT2D eigenvalue weighted by Gasteiger charge is -2.35. The first-order chi connectivity index (χ1) is 8.76. The second-order valence-electron chi connectivity index (χ2n) is 5.04. The molecule has 3 nitrogen and oxygen atoms in total. The van der Waals surface area contributed by atoms with Crippen molar-refractivity contribution in [2.45, 2.75) is 39.2 Å². The number of halogens is 2. The third-order valence-corrected chi connectivity index (χ3v) is 3.54. The third-order valence-electron chi connectivity index (χ3n) is 3.54. The number of hydrogen-bond acceptors (Lipinski definition) is 3. The molecule has 0 aromatic heterocycles. The molecule has 0 aliphatic carbocycles. The number of nitrogens with two attached hydrogens (primary N) is 1. The van der Waals surface area contributed by atoms with Crippen molar-refractivity contribution in [3.63, 3.8) is 0 Å². The summed E-state index contributed by atoms with van der Waals surface area (Å²) in [5.41, 5.74) is 7.96. The maximum atomic E-state index is 5.94. The van der Waals surface area contributed by atoms with Crippen LogP contribution in [0.1, 0.15) is 32.3 Å². The molecule has 1 aliphatic rings. The Morgan fingerprint density at radius 3 is 2.45 bits per heavy atom. The lowest BCUT2D eigenvalue weighted by molar-refractivity contribution is 0.119. The van der Waals surface area contributed by atoms with E-state index in [-0.39, 0.29) is 24.8 Å². The summed E-state index contributed by atoms with van der Waals surface area (Å²) in [7, 11) is 0. The van der Waals surface area contributed by atoms with Crippen LogP contribution in [0.15, 0.2) is 18.2 Å². The molecule has 1 aromatic carbocycles. The van der Waals surface area contributed by atoms with Crippen molar-refractivity contribution >= 4 is 30.5 Å². The fraction of sp³-hybridized carbons (Fsp3) is 0.600. The molecule has 1 aromatic rings. The molecule has 2 N–H and O–H groups in total. The first kappa shape index (κ1) is 19.4. The van der Waals surface area contributed by atoms with Gasteiger partial charge < -0.3 is 10.5 Å². The Hall–Kier alpha value is -0.640. The zero-order chi connectivity index (χ0) is 13.0. The standard InChI is InChI=1S/C15H24N2O.2ClH/c1-3-8-17(9-4-2)13-10-12-6-5-7-14(16)15(12)18-11-13;;/h5-7,13H,3-4,8-11,16H2,1-2H3;2*1H. The molecule has 1 heterocycles. The molecular formula is C15H26Cl2N2O. The topological polar surface area (TPSA) is 38.5 Å². The van der Waals surface area contributed by atoms with Crippen LogP contribution in [0, 0.1) is 0 Å². The van der Waals surface area contributed by atoms with Crippen LogP contribution < -0.4 is 10.5 Å². The molecule has 20 heavy (non-hydrogen) atoms. The van der Waals surface area contributed by atoms with E-state index in [0.29, 0.717) is 6.04 Å². The number of nitrogens with zero attached hydrogens (tertiary/aromatic N) is 1. The molecule has 2 rings (SSSR count). The average Bonchev–Trinajstić information content (AvgIpc) is 2.38. The Morgan fingerprint density at radius 2 is 1.85 bits per heavy atom.